The number of ether oxygens (including phenoxy) is 1. The number of anilines is 1. The number of aromatic nitrogens is 6. The minimum Gasteiger partial charge on any atom is -0.494 e. The number of nitrogens with one attached hydrogen (secondary N) is 1. The van der Waals surface area contributed by atoms with Gasteiger partial charge >= 0.3 is 0 Å². The van der Waals surface area contributed by atoms with Gasteiger partial charge in [0.1, 0.15) is 23.4 Å². The Bertz CT molecular complexity index is 1090. The van der Waals surface area contributed by atoms with E-state index in [0.717, 1.165) is 33.4 Å². The van der Waals surface area contributed by atoms with Crippen LogP contribution in [0.4, 0.5) is 5.82 Å². The Morgan fingerprint density at radius 2 is 2.00 bits per heavy atom. The molecule has 0 aliphatic carbocycles. The van der Waals surface area contributed by atoms with Crippen molar-refractivity contribution in [3.63, 3.8) is 0 Å². The molecule has 136 valence electrons. The van der Waals surface area contributed by atoms with Gasteiger partial charge in [-0.25, -0.2) is 9.97 Å². The molecular weight excluding hydrogens is 342 g/mol. The molecule has 1 N–H and O–H groups in total. The molecule has 4 aromatic rings. The Morgan fingerprint density at radius 3 is 2.70 bits per heavy atom. The van der Waals surface area contributed by atoms with E-state index in [-0.39, 0.29) is 0 Å². The van der Waals surface area contributed by atoms with Crippen LogP contribution >= 0.6 is 0 Å². The summed E-state index contributed by atoms with van der Waals surface area (Å²) in [4.78, 5) is 8.80. The van der Waals surface area contributed by atoms with E-state index < -0.39 is 0 Å². The van der Waals surface area contributed by atoms with Crippen LogP contribution in [-0.2, 0) is 13.6 Å². The molecular formula is C19H19N7O. The van der Waals surface area contributed by atoms with Crippen molar-refractivity contribution in [2.24, 2.45) is 7.05 Å². The van der Waals surface area contributed by atoms with Crippen molar-refractivity contribution in [2.45, 2.75) is 13.5 Å². The summed E-state index contributed by atoms with van der Waals surface area (Å²) in [7, 11) is 3.53. The van der Waals surface area contributed by atoms with Crippen molar-refractivity contribution >= 4 is 16.7 Å². The van der Waals surface area contributed by atoms with Crippen LogP contribution in [0.3, 0.4) is 0 Å². The van der Waals surface area contributed by atoms with Crippen LogP contribution in [0.2, 0.25) is 0 Å². The van der Waals surface area contributed by atoms with Crippen LogP contribution in [0.1, 0.15) is 11.4 Å². The van der Waals surface area contributed by atoms with Gasteiger partial charge in [-0.2, -0.15) is 15.3 Å². The summed E-state index contributed by atoms with van der Waals surface area (Å²) in [6, 6.07) is 7.88. The van der Waals surface area contributed by atoms with Gasteiger partial charge in [0.25, 0.3) is 0 Å². The molecule has 8 heteroatoms. The second-order valence-electron chi connectivity index (χ2n) is 6.22. The van der Waals surface area contributed by atoms with Crippen LogP contribution < -0.4 is 10.1 Å². The zero-order chi connectivity index (χ0) is 18.8. The Labute approximate surface area is 156 Å². The third-order valence-corrected chi connectivity index (χ3v) is 4.25. The van der Waals surface area contributed by atoms with Crippen molar-refractivity contribution in [1.29, 1.82) is 0 Å². The van der Waals surface area contributed by atoms with Gasteiger partial charge in [-0.3, -0.25) is 4.68 Å². The number of benzene rings is 1. The lowest BCUT2D eigenvalue weighted by Crippen LogP contribution is -2.05. The van der Waals surface area contributed by atoms with Gasteiger partial charge in [0.2, 0.25) is 0 Å². The van der Waals surface area contributed by atoms with Crippen molar-refractivity contribution in [2.75, 3.05) is 12.4 Å². The predicted octanol–water partition coefficient (Wildman–Crippen LogP) is 2.75. The lowest BCUT2D eigenvalue weighted by atomic mass is 10.1. The second kappa shape index (κ2) is 6.99. The fraction of sp³-hybridized carbons (Fsp3) is 0.211. The van der Waals surface area contributed by atoms with Crippen LogP contribution in [0, 0.1) is 6.92 Å². The molecule has 0 atom stereocenters. The zero-order valence-corrected chi connectivity index (χ0v) is 15.3. The molecule has 0 aliphatic rings. The molecule has 8 nitrogen and oxygen atoms in total. The number of methoxy groups -OCH3 is 1. The van der Waals surface area contributed by atoms with Gasteiger partial charge in [0.05, 0.1) is 31.2 Å². The highest BCUT2D eigenvalue weighted by Gasteiger charge is 2.13. The first-order chi connectivity index (χ1) is 13.1. The normalized spacial score (nSPS) is 10.9. The Morgan fingerprint density at radius 1 is 1.11 bits per heavy atom. The van der Waals surface area contributed by atoms with E-state index in [1.165, 1.54) is 6.33 Å². The van der Waals surface area contributed by atoms with Gasteiger partial charge in [-0.1, -0.05) is 0 Å². The molecule has 0 unspecified atom stereocenters. The highest BCUT2D eigenvalue weighted by molar-refractivity contribution is 5.96. The average molecular weight is 361 g/mol. The maximum absolute atomic E-state index is 5.56. The van der Waals surface area contributed by atoms with Crippen molar-refractivity contribution in [3.05, 3.63) is 54.4 Å². The first-order valence-corrected chi connectivity index (χ1v) is 8.49. The quantitative estimate of drug-likeness (QED) is 0.584. The minimum atomic E-state index is 0.513. The van der Waals surface area contributed by atoms with Crippen LogP contribution in [0.15, 0.2) is 43.0 Å². The molecule has 3 aromatic heterocycles. The maximum Gasteiger partial charge on any atom is 0.145 e. The van der Waals surface area contributed by atoms with Crippen molar-refractivity contribution in [1.82, 2.24) is 29.9 Å². The van der Waals surface area contributed by atoms with Gasteiger partial charge < -0.3 is 10.1 Å². The molecule has 0 fully saturated rings. The van der Waals surface area contributed by atoms with Crippen molar-refractivity contribution < 1.29 is 4.74 Å². The number of aryl methyl sites for hydroxylation is 2. The number of nitrogens with zero attached hydrogens (tertiary/aromatic N) is 6. The molecule has 0 bridgehead atoms. The lowest BCUT2D eigenvalue weighted by Gasteiger charge is -2.12. The van der Waals surface area contributed by atoms with E-state index in [4.69, 9.17) is 4.74 Å². The fourth-order valence-corrected chi connectivity index (χ4v) is 2.86. The standard InChI is InChI=1S/C19H19N7O/c1-12-4-5-15(25-24-12)9-20-19-16-6-13(14-8-23-26(2)10-14)7-17(27-3)18(16)21-11-22-19/h4-8,10-11H,9H2,1-3H3,(H,20,21,22). The van der Waals surface area contributed by atoms with Crippen molar-refractivity contribution in [3.8, 4) is 16.9 Å². The number of hydrogen-bond donors (Lipinski definition) is 1. The summed E-state index contributed by atoms with van der Waals surface area (Å²) in [5, 5.41) is 16.7. The zero-order valence-electron chi connectivity index (χ0n) is 15.3. The third kappa shape index (κ3) is 3.41. The highest BCUT2D eigenvalue weighted by atomic mass is 16.5. The van der Waals surface area contributed by atoms with Gasteiger partial charge in [0, 0.05) is 24.2 Å². The van der Waals surface area contributed by atoms with E-state index in [2.05, 4.69) is 30.6 Å². The average Bonchev–Trinajstić information content (AvgIpc) is 3.13. The topological polar surface area (TPSA) is 90.6 Å². The predicted molar refractivity (Wildman–Crippen MR) is 102 cm³/mol. The summed E-state index contributed by atoms with van der Waals surface area (Å²) in [6.45, 7) is 2.42. The lowest BCUT2D eigenvalue weighted by molar-refractivity contribution is 0.419. The maximum atomic E-state index is 5.56. The van der Waals surface area contributed by atoms with E-state index in [1.54, 1.807) is 11.8 Å². The summed E-state index contributed by atoms with van der Waals surface area (Å²) < 4.78 is 7.33. The highest BCUT2D eigenvalue weighted by Crippen LogP contribution is 2.33. The molecule has 0 saturated carbocycles. The Hall–Kier alpha value is -3.55. The van der Waals surface area contributed by atoms with Gasteiger partial charge in [-0.05, 0) is 36.8 Å². The molecule has 27 heavy (non-hydrogen) atoms. The Kier molecular flexibility index (Phi) is 4.37. The summed E-state index contributed by atoms with van der Waals surface area (Å²) in [5.74, 6) is 1.40. The SMILES string of the molecule is COc1cc(-c2cnn(C)c2)cc2c(NCc3ccc(C)nn3)ncnc12. The largest absolute Gasteiger partial charge is 0.494 e. The first kappa shape index (κ1) is 16.9. The smallest absolute Gasteiger partial charge is 0.145 e. The number of fused-ring (bicyclic) bond motifs is 1. The molecule has 4 rings (SSSR count). The van der Waals surface area contributed by atoms with E-state index >= 15 is 0 Å². The van der Waals surface area contributed by atoms with Crippen LogP contribution in [0.25, 0.3) is 22.0 Å². The van der Waals surface area contributed by atoms with Gasteiger partial charge in [-0.15, -0.1) is 0 Å². The van der Waals surface area contributed by atoms with Gasteiger partial charge in [0.15, 0.2) is 0 Å². The molecule has 0 saturated heterocycles. The van der Waals surface area contributed by atoms with E-state index in [0.29, 0.717) is 18.1 Å². The monoisotopic (exact) mass is 361 g/mol. The minimum absolute atomic E-state index is 0.513. The molecule has 0 radical (unpaired) electrons. The number of rotatable bonds is 5. The number of hydrogen-bond acceptors (Lipinski definition) is 7. The Balaban J connectivity index is 1.74. The molecule has 0 aliphatic heterocycles. The first-order valence-electron chi connectivity index (χ1n) is 8.49. The van der Waals surface area contributed by atoms with Crippen LogP contribution in [-0.4, -0.2) is 37.1 Å². The summed E-state index contributed by atoms with van der Waals surface area (Å²) >= 11 is 0. The summed E-state index contributed by atoms with van der Waals surface area (Å²) in [5.41, 5.74) is 4.45. The molecule has 0 amide bonds. The fourth-order valence-electron chi connectivity index (χ4n) is 2.86. The summed E-state index contributed by atoms with van der Waals surface area (Å²) in [6.07, 6.45) is 5.30. The molecule has 0 spiro atoms. The van der Waals surface area contributed by atoms with Crippen LogP contribution in [0.5, 0.6) is 5.75 Å². The third-order valence-electron chi connectivity index (χ3n) is 4.25. The van der Waals surface area contributed by atoms with E-state index in [9.17, 15) is 0 Å². The molecule has 1 aromatic carbocycles. The molecule has 3 heterocycles. The second-order valence-corrected chi connectivity index (χ2v) is 6.22. The van der Waals surface area contributed by atoms with E-state index in [1.807, 2.05) is 50.6 Å².